The summed E-state index contributed by atoms with van der Waals surface area (Å²) in [5, 5.41) is 12.1. The molecule has 0 amide bonds. The Labute approximate surface area is 95.9 Å². The number of alkyl halides is 1. The topological polar surface area (TPSA) is 58.6 Å². The van der Waals surface area contributed by atoms with Crippen molar-refractivity contribution in [1.82, 2.24) is 5.32 Å². The maximum absolute atomic E-state index is 10.9. The summed E-state index contributed by atoms with van der Waals surface area (Å²) in [6, 6.07) is 0. The van der Waals surface area contributed by atoms with E-state index in [-0.39, 0.29) is 0 Å². The maximum atomic E-state index is 10.9. The highest BCUT2D eigenvalue weighted by molar-refractivity contribution is 6.17. The van der Waals surface area contributed by atoms with E-state index in [2.05, 4.69) is 5.32 Å². The second kappa shape index (κ2) is 7.91. The second-order valence-corrected chi connectivity index (χ2v) is 4.10. The second-order valence-electron chi connectivity index (χ2n) is 3.57. The van der Waals surface area contributed by atoms with E-state index in [0.29, 0.717) is 19.6 Å². The summed E-state index contributed by atoms with van der Waals surface area (Å²) in [7, 11) is 1.54. The van der Waals surface area contributed by atoms with Crippen LogP contribution in [0.5, 0.6) is 0 Å². The minimum absolute atomic E-state index is 0.301. The molecule has 1 atom stereocenters. The van der Waals surface area contributed by atoms with Gasteiger partial charge in [-0.3, -0.25) is 4.79 Å². The normalized spacial score (nSPS) is 25.3. The van der Waals surface area contributed by atoms with E-state index in [1.54, 1.807) is 7.11 Å². The average Bonchev–Trinajstić information content (AvgIpc) is 2.20. The molecule has 0 saturated carbocycles. The Morgan fingerprint density at radius 1 is 1.67 bits per heavy atom. The molecule has 0 spiro atoms. The minimum Gasteiger partial charge on any atom is -0.481 e. The molecule has 0 aromatic carbocycles. The first-order valence-electron chi connectivity index (χ1n) is 5.12. The Morgan fingerprint density at radius 3 is 2.60 bits per heavy atom. The Balaban J connectivity index is 0.000000583. The molecule has 4 nitrogen and oxygen atoms in total. The molecule has 15 heavy (non-hydrogen) atoms. The summed E-state index contributed by atoms with van der Waals surface area (Å²) in [5.41, 5.74) is -0.688. The third kappa shape index (κ3) is 4.82. The van der Waals surface area contributed by atoms with Gasteiger partial charge in [0.25, 0.3) is 0 Å². The van der Waals surface area contributed by atoms with Crippen molar-refractivity contribution in [3.63, 3.8) is 0 Å². The number of ether oxygens (including phenoxy) is 1. The summed E-state index contributed by atoms with van der Waals surface area (Å²) in [5.74, 6) is -0.0310. The van der Waals surface area contributed by atoms with Gasteiger partial charge >= 0.3 is 5.97 Å². The number of hydrogen-bond acceptors (Lipinski definition) is 3. The molecule has 0 aromatic heterocycles. The molecule has 1 heterocycles. The summed E-state index contributed by atoms with van der Waals surface area (Å²) < 4.78 is 4.93. The van der Waals surface area contributed by atoms with Gasteiger partial charge in [-0.1, -0.05) is 6.92 Å². The fourth-order valence-electron chi connectivity index (χ4n) is 1.61. The van der Waals surface area contributed by atoms with Crippen molar-refractivity contribution < 1.29 is 14.6 Å². The van der Waals surface area contributed by atoms with Gasteiger partial charge in [0.1, 0.15) is 5.41 Å². The zero-order chi connectivity index (χ0) is 11.7. The SMILES string of the molecule is CCCl.COCC1(C(=O)O)CCCNC1. The van der Waals surface area contributed by atoms with Crippen molar-refractivity contribution in [2.75, 3.05) is 32.7 Å². The van der Waals surface area contributed by atoms with Crippen LogP contribution in [0.1, 0.15) is 19.8 Å². The average molecular weight is 238 g/mol. The molecule has 0 aromatic rings. The van der Waals surface area contributed by atoms with Crippen LogP contribution in [0.2, 0.25) is 0 Å². The van der Waals surface area contributed by atoms with Crippen molar-refractivity contribution in [2.24, 2.45) is 5.41 Å². The largest absolute Gasteiger partial charge is 0.481 e. The molecular weight excluding hydrogens is 218 g/mol. The van der Waals surface area contributed by atoms with E-state index in [0.717, 1.165) is 18.8 Å². The quantitative estimate of drug-likeness (QED) is 0.728. The maximum Gasteiger partial charge on any atom is 0.313 e. The molecule has 1 aliphatic heterocycles. The van der Waals surface area contributed by atoms with Crippen molar-refractivity contribution in [3.05, 3.63) is 0 Å². The number of halogens is 1. The van der Waals surface area contributed by atoms with E-state index in [1.807, 2.05) is 6.92 Å². The first kappa shape index (κ1) is 14.7. The molecule has 0 radical (unpaired) electrons. The van der Waals surface area contributed by atoms with Gasteiger partial charge in [-0.25, -0.2) is 0 Å². The Morgan fingerprint density at radius 2 is 2.27 bits per heavy atom. The molecule has 1 rings (SSSR count). The van der Waals surface area contributed by atoms with Gasteiger partial charge in [-0.15, -0.1) is 11.6 Å². The predicted molar refractivity (Wildman–Crippen MR) is 60.4 cm³/mol. The van der Waals surface area contributed by atoms with Crippen LogP contribution in [0.25, 0.3) is 0 Å². The van der Waals surface area contributed by atoms with E-state index < -0.39 is 11.4 Å². The van der Waals surface area contributed by atoms with Crippen LogP contribution >= 0.6 is 11.6 Å². The molecule has 1 fully saturated rings. The number of aliphatic carboxylic acids is 1. The van der Waals surface area contributed by atoms with Crippen LogP contribution in [0.3, 0.4) is 0 Å². The lowest BCUT2D eigenvalue weighted by Gasteiger charge is -2.32. The Hall–Kier alpha value is -0.320. The van der Waals surface area contributed by atoms with Crippen molar-refractivity contribution in [1.29, 1.82) is 0 Å². The zero-order valence-electron chi connectivity index (χ0n) is 9.38. The Bertz CT molecular complexity index is 176. The summed E-state index contributed by atoms with van der Waals surface area (Å²) in [4.78, 5) is 10.9. The van der Waals surface area contributed by atoms with Crippen LogP contribution in [0, 0.1) is 5.41 Å². The van der Waals surface area contributed by atoms with Gasteiger partial charge in [0, 0.05) is 19.5 Å². The molecule has 0 bridgehead atoms. The fraction of sp³-hybridized carbons (Fsp3) is 0.900. The highest BCUT2D eigenvalue weighted by atomic mass is 35.5. The third-order valence-electron chi connectivity index (χ3n) is 2.35. The summed E-state index contributed by atoms with van der Waals surface area (Å²) >= 11 is 5.00. The van der Waals surface area contributed by atoms with E-state index in [9.17, 15) is 4.79 Å². The zero-order valence-corrected chi connectivity index (χ0v) is 10.1. The number of carbonyl (C=O) groups is 1. The lowest BCUT2D eigenvalue weighted by Crippen LogP contribution is -2.48. The predicted octanol–water partition coefficient (Wildman–Crippen LogP) is 1.33. The van der Waals surface area contributed by atoms with E-state index >= 15 is 0 Å². The molecule has 0 aliphatic carbocycles. The molecule has 1 saturated heterocycles. The lowest BCUT2D eigenvalue weighted by molar-refractivity contribution is -0.153. The van der Waals surface area contributed by atoms with Crippen molar-refractivity contribution >= 4 is 17.6 Å². The van der Waals surface area contributed by atoms with Gasteiger partial charge in [0.2, 0.25) is 0 Å². The molecule has 5 heteroatoms. The molecule has 1 unspecified atom stereocenters. The van der Waals surface area contributed by atoms with Gasteiger partial charge in [-0.05, 0) is 19.4 Å². The van der Waals surface area contributed by atoms with Crippen LogP contribution in [-0.2, 0) is 9.53 Å². The number of piperidine rings is 1. The number of hydrogen-bond donors (Lipinski definition) is 2. The number of nitrogens with one attached hydrogen (secondary N) is 1. The van der Waals surface area contributed by atoms with Gasteiger partial charge in [0.05, 0.1) is 6.61 Å². The number of carboxylic acids is 1. The first-order chi connectivity index (χ1) is 7.13. The van der Waals surface area contributed by atoms with Gasteiger partial charge in [0.15, 0.2) is 0 Å². The standard InChI is InChI=1S/C8H15NO3.C2H5Cl/c1-12-6-8(7(10)11)3-2-4-9-5-8;1-2-3/h9H,2-6H2,1H3,(H,10,11);2H2,1H3. The highest BCUT2D eigenvalue weighted by Gasteiger charge is 2.39. The third-order valence-corrected chi connectivity index (χ3v) is 2.35. The lowest BCUT2D eigenvalue weighted by atomic mass is 9.81. The number of carboxylic acid groups (broad SMARTS) is 1. The van der Waals surface area contributed by atoms with Crippen molar-refractivity contribution in [2.45, 2.75) is 19.8 Å². The van der Waals surface area contributed by atoms with Crippen LogP contribution in [-0.4, -0.2) is 43.8 Å². The van der Waals surface area contributed by atoms with Gasteiger partial charge in [-0.2, -0.15) is 0 Å². The Kier molecular flexibility index (Phi) is 7.74. The van der Waals surface area contributed by atoms with E-state index in [4.69, 9.17) is 21.4 Å². The summed E-state index contributed by atoms with van der Waals surface area (Å²) in [6.45, 7) is 3.63. The molecule has 2 N–H and O–H groups in total. The number of rotatable bonds is 3. The molecular formula is C10H20ClNO3. The summed E-state index contributed by atoms with van der Waals surface area (Å²) in [6.07, 6.45) is 1.62. The number of methoxy groups -OCH3 is 1. The van der Waals surface area contributed by atoms with Crippen LogP contribution < -0.4 is 5.32 Å². The first-order valence-corrected chi connectivity index (χ1v) is 5.65. The van der Waals surface area contributed by atoms with Gasteiger partial charge < -0.3 is 15.2 Å². The monoisotopic (exact) mass is 237 g/mol. The van der Waals surface area contributed by atoms with Crippen molar-refractivity contribution in [3.8, 4) is 0 Å². The van der Waals surface area contributed by atoms with E-state index in [1.165, 1.54) is 0 Å². The minimum atomic E-state index is -0.753. The smallest absolute Gasteiger partial charge is 0.313 e. The molecule has 1 aliphatic rings. The fourth-order valence-corrected chi connectivity index (χ4v) is 1.61. The van der Waals surface area contributed by atoms with Crippen LogP contribution in [0.15, 0.2) is 0 Å². The van der Waals surface area contributed by atoms with Crippen LogP contribution in [0.4, 0.5) is 0 Å². The highest BCUT2D eigenvalue weighted by Crippen LogP contribution is 2.26. The molecule has 90 valence electrons.